The van der Waals surface area contributed by atoms with Gasteiger partial charge in [0.1, 0.15) is 9.79 Å². The highest BCUT2D eigenvalue weighted by Gasteiger charge is 2.36. The lowest BCUT2D eigenvalue weighted by atomic mass is 9.95. The molecule has 8 rings (SSSR count). The van der Waals surface area contributed by atoms with Crippen molar-refractivity contribution in [1.29, 1.82) is 0 Å². The Morgan fingerprint density at radius 1 is 0.571 bits per heavy atom. The molecule has 0 aromatic heterocycles. The standard InChI is InChI=1S/C26H16N6O8S2/c27-39-41(35,36)11-1-7-19-17(9-11)29-23-13-3-4-14-22-16(6-5-15(21(13)22)25(33)31(19)23)26(34)32-20-8-2-12(42(37,38)40-28)10-18(20)30-24(14)32/h1-10H,27-28H3/q+4. The highest BCUT2D eigenvalue weighted by Crippen LogP contribution is 2.36. The largest absolute Gasteiger partial charge is 0.347 e. The van der Waals surface area contributed by atoms with Crippen molar-refractivity contribution < 1.29 is 46.3 Å². The summed E-state index contributed by atoms with van der Waals surface area (Å²) in [6.45, 7) is 0. The predicted molar refractivity (Wildman–Crippen MR) is 143 cm³/mol. The van der Waals surface area contributed by atoms with Crippen LogP contribution in [-0.2, 0) is 28.8 Å². The Balaban J connectivity index is 1.52. The molecule has 0 saturated carbocycles. The van der Waals surface area contributed by atoms with Crippen molar-refractivity contribution in [3.63, 3.8) is 0 Å². The van der Waals surface area contributed by atoms with E-state index in [0.29, 0.717) is 43.4 Å². The predicted octanol–water partition coefficient (Wildman–Crippen LogP) is -1.57. The Morgan fingerprint density at radius 2 is 0.952 bits per heavy atom. The van der Waals surface area contributed by atoms with Gasteiger partial charge >= 0.3 is 43.0 Å². The van der Waals surface area contributed by atoms with E-state index in [4.69, 9.17) is 0 Å². The second-order valence-corrected chi connectivity index (χ2v) is 12.9. The van der Waals surface area contributed by atoms with Gasteiger partial charge in [0.25, 0.3) is 0 Å². The fourth-order valence-corrected chi connectivity index (χ4v) is 7.06. The molecule has 0 spiro atoms. The lowest BCUT2D eigenvalue weighted by Crippen LogP contribution is -2.51. The van der Waals surface area contributed by atoms with Gasteiger partial charge in [0.05, 0.1) is 21.5 Å². The molecule has 206 valence electrons. The van der Waals surface area contributed by atoms with Gasteiger partial charge in [0.15, 0.2) is 11.0 Å². The zero-order chi connectivity index (χ0) is 29.3. The molecule has 0 atom stereocenters. The van der Waals surface area contributed by atoms with Gasteiger partial charge in [-0.1, -0.05) is 8.57 Å². The Morgan fingerprint density at radius 3 is 1.33 bits per heavy atom. The van der Waals surface area contributed by atoms with Crippen molar-refractivity contribution in [3.8, 4) is 11.6 Å². The van der Waals surface area contributed by atoms with Crippen LogP contribution in [0.15, 0.2) is 80.0 Å². The van der Waals surface area contributed by atoms with Gasteiger partial charge in [-0.2, -0.15) is 28.6 Å². The number of quaternary nitrogens is 2. The summed E-state index contributed by atoms with van der Waals surface area (Å²) in [6.07, 6.45) is 0. The zero-order valence-corrected chi connectivity index (χ0v) is 22.7. The molecule has 4 heterocycles. The number of imidazole rings is 2. The van der Waals surface area contributed by atoms with Crippen molar-refractivity contribution in [2.45, 2.75) is 9.79 Å². The molecular formula is C26H16N6O8S2+4. The molecule has 6 N–H and O–H groups in total. The monoisotopic (exact) mass is 604 g/mol. The van der Waals surface area contributed by atoms with Crippen LogP contribution in [0.1, 0.15) is 0 Å². The molecule has 0 saturated heterocycles. The van der Waals surface area contributed by atoms with Crippen LogP contribution in [0.25, 0.3) is 66.0 Å². The van der Waals surface area contributed by atoms with E-state index in [1.807, 2.05) is 0 Å². The second-order valence-electron chi connectivity index (χ2n) is 9.67. The van der Waals surface area contributed by atoms with Crippen LogP contribution in [0.2, 0.25) is 0 Å². The van der Waals surface area contributed by atoms with Gasteiger partial charge in [-0.05, 0) is 58.5 Å². The summed E-state index contributed by atoms with van der Waals surface area (Å²) in [6, 6.07) is 14.9. The Kier molecular flexibility index (Phi) is 4.69. The van der Waals surface area contributed by atoms with Gasteiger partial charge in [0.2, 0.25) is 11.0 Å². The number of aromatic nitrogens is 4. The highest BCUT2D eigenvalue weighted by molar-refractivity contribution is 7.86. The lowest BCUT2D eigenvalue weighted by molar-refractivity contribution is -0.635. The van der Waals surface area contributed by atoms with Crippen molar-refractivity contribution >= 4 is 74.6 Å². The normalized spacial score (nSPS) is 13.3. The minimum absolute atomic E-state index is 0.162. The lowest BCUT2D eigenvalue weighted by Gasteiger charge is -2.10. The fraction of sp³-hybridized carbons (Fsp3) is 0. The van der Waals surface area contributed by atoms with Crippen molar-refractivity contribution in [1.82, 2.24) is 9.97 Å². The van der Waals surface area contributed by atoms with Crippen LogP contribution < -0.4 is 32.0 Å². The molecule has 0 radical (unpaired) electrons. The van der Waals surface area contributed by atoms with E-state index in [9.17, 15) is 26.4 Å². The number of pyridine rings is 2. The highest BCUT2D eigenvalue weighted by atomic mass is 32.2. The van der Waals surface area contributed by atoms with Gasteiger partial charge in [-0.25, -0.2) is 9.59 Å². The quantitative estimate of drug-likeness (QED) is 0.134. The number of fused-ring (bicyclic) bond motifs is 8. The van der Waals surface area contributed by atoms with Crippen LogP contribution in [0.3, 0.4) is 0 Å². The van der Waals surface area contributed by atoms with Crippen LogP contribution in [0.5, 0.6) is 0 Å². The molecule has 14 nitrogen and oxygen atoms in total. The average Bonchev–Trinajstić information content (AvgIpc) is 3.57. The van der Waals surface area contributed by atoms with Gasteiger partial charge in [0, 0.05) is 22.9 Å². The Hall–Kier alpha value is -4.84. The number of rotatable bonds is 4. The van der Waals surface area contributed by atoms with Crippen LogP contribution in [-0.4, -0.2) is 26.8 Å². The van der Waals surface area contributed by atoms with Crippen LogP contribution in [0.4, 0.5) is 0 Å². The van der Waals surface area contributed by atoms with E-state index in [1.54, 1.807) is 24.3 Å². The summed E-state index contributed by atoms with van der Waals surface area (Å²) in [5, 5.41) is 2.80. The van der Waals surface area contributed by atoms with Crippen molar-refractivity contribution in [3.05, 3.63) is 81.4 Å². The average molecular weight is 605 g/mol. The smallest absolute Gasteiger partial charge is 0.240 e. The van der Waals surface area contributed by atoms with Gasteiger partial charge in [-0.3, -0.25) is 0 Å². The molecule has 4 aliphatic heterocycles. The molecule has 4 aromatic rings. The van der Waals surface area contributed by atoms with E-state index < -0.39 is 31.4 Å². The minimum atomic E-state index is -4.10. The maximum Gasteiger partial charge on any atom is 0.347 e. The third kappa shape index (κ3) is 2.99. The van der Waals surface area contributed by atoms with E-state index in [-0.39, 0.29) is 32.5 Å². The summed E-state index contributed by atoms with van der Waals surface area (Å²) in [5.41, 5.74) is 0.496. The third-order valence-electron chi connectivity index (χ3n) is 7.65. The molecule has 16 heteroatoms. The summed E-state index contributed by atoms with van der Waals surface area (Å²) in [4.78, 5) is 36.6. The number of hydrogen-bond donors (Lipinski definition) is 2. The first-order valence-electron chi connectivity index (χ1n) is 12.2. The minimum Gasteiger partial charge on any atom is -0.240 e. The first kappa shape index (κ1) is 24.9. The summed E-state index contributed by atoms with van der Waals surface area (Å²) < 4.78 is 60.4. The van der Waals surface area contributed by atoms with E-state index in [1.165, 1.54) is 45.5 Å². The Bertz CT molecular complexity index is 2550. The number of nitrogens with zero attached hydrogens (tertiary/aromatic N) is 4. The summed E-state index contributed by atoms with van der Waals surface area (Å²) >= 11 is 0. The van der Waals surface area contributed by atoms with E-state index in [0.717, 1.165) is 0 Å². The van der Waals surface area contributed by atoms with E-state index >= 15 is 0 Å². The molecule has 0 aliphatic carbocycles. The second kappa shape index (κ2) is 7.91. The maximum atomic E-state index is 13.9. The number of benzene rings is 4. The van der Waals surface area contributed by atoms with Crippen LogP contribution in [0, 0.1) is 0 Å². The molecule has 0 unspecified atom stereocenters. The Labute approximate surface area is 233 Å². The zero-order valence-electron chi connectivity index (χ0n) is 21.1. The molecular weight excluding hydrogens is 588 g/mol. The number of hydrogen-bond acceptors (Lipinski definition) is 10. The van der Waals surface area contributed by atoms with Crippen molar-refractivity contribution in [2.75, 3.05) is 0 Å². The van der Waals surface area contributed by atoms with E-state index in [2.05, 4.69) is 30.3 Å². The molecule has 0 amide bonds. The molecule has 0 fully saturated rings. The molecule has 0 bridgehead atoms. The summed E-state index contributed by atoms with van der Waals surface area (Å²) in [7, 11) is -8.20. The van der Waals surface area contributed by atoms with Crippen molar-refractivity contribution in [2.24, 2.45) is 0 Å². The first-order valence-corrected chi connectivity index (χ1v) is 15.0. The van der Waals surface area contributed by atoms with Crippen LogP contribution >= 0.6 is 0 Å². The molecule has 4 aromatic carbocycles. The third-order valence-corrected chi connectivity index (χ3v) is 9.93. The molecule has 42 heavy (non-hydrogen) atoms. The summed E-state index contributed by atoms with van der Waals surface area (Å²) in [5.74, 6) is 6.55. The maximum absolute atomic E-state index is 13.9. The molecule has 4 aliphatic rings. The fourth-order valence-electron chi connectivity index (χ4n) is 5.81. The van der Waals surface area contributed by atoms with Gasteiger partial charge in [-0.15, -0.1) is 9.13 Å². The topological polar surface area (TPSA) is 210 Å². The van der Waals surface area contributed by atoms with Gasteiger partial charge < -0.3 is 0 Å². The first-order chi connectivity index (χ1) is 20.1. The SMILES string of the molecule is [NH3+]OS(=O)(=O)c1ccc2c(c1)nc1c3ccc4c5nc6cc(S(=O)(=O)O[NH3+])ccc6[n+]-5c(=O)c5ccc(c(=O)[n+]2-1)c3c45.